The number of rotatable bonds is 13. The second kappa shape index (κ2) is 12.6. The van der Waals surface area contributed by atoms with Crippen LogP contribution in [0.5, 0.6) is 0 Å². The summed E-state index contributed by atoms with van der Waals surface area (Å²) >= 11 is 0. The standard InChI is InChI=1S/C15H29NO2/c1-2-3-8-11-14(15(16)18)12-9-6-4-5-7-10-13-17/h13-14H,2-12H2,1H3,(H2,16,18). The summed E-state index contributed by atoms with van der Waals surface area (Å²) in [5.41, 5.74) is 5.42. The number of hydrogen-bond donors (Lipinski definition) is 1. The maximum absolute atomic E-state index is 11.3. The fourth-order valence-electron chi connectivity index (χ4n) is 2.22. The smallest absolute Gasteiger partial charge is 0.220 e. The lowest BCUT2D eigenvalue weighted by Crippen LogP contribution is -2.23. The molecule has 0 spiro atoms. The lowest BCUT2D eigenvalue weighted by molar-refractivity contribution is -0.122. The van der Waals surface area contributed by atoms with Crippen molar-refractivity contribution in [2.75, 3.05) is 0 Å². The van der Waals surface area contributed by atoms with Crippen LogP contribution in [-0.2, 0) is 9.59 Å². The average molecular weight is 255 g/mol. The molecule has 1 atom stereocenters. The molecule has 0 aliphatic heterocycles. The van der Waals surface area contributed by atoms with Crippen molar-refractivity contribution in [1.82, 2.24) is 0 Å². The van der Waals surface area contributed by atoms with Gasteiger partial charge in [0.15, 0.2) is 0 Å². The van der Waals surface area contributed by atoms with Gasteiger partial charge >= 0.3 is 0 Å². The van der Waals surface area contributed by atoms with E-state index in [0.29, 0.717) is 6.42 Å². The van der Waals surface area contributed by atoms with Crippen LogP contribution >= 0.6 is 0 Å². The van der Waals surface area contributed by atoms with E-state index >= 15 is 0 Å². The van der Waals surface area contributed by atoms with E-state index in [1.54, 1.807) is 0 Å². The molecule has 3 nitrogen and oxygen atoms in total. The number of hydrogen-bond acceptors (Lipinski definition) is 2. The van der Waals surface area contributed by atoms with Crippen molar-refractivity contribution in [3.8, 4) is 0 Å². The van der Waals surface area contributed by atoms with Crippen LogP contribution < -0.4 is 5.73 Å². The van der Waals surface area contributed by atoms with Gasteiger partial charge in [-0.1, -0.05) is 51.9 Å². The Balaban J connectivity index is 3.51. The van der Waals surface area contributed by atoms with E-state index in [-0.39, 0.29) is 11.8 Å². The predicted octanol–water partition coefficient (Wildman–Crippen LogP) is 3.60. The molecule has 0 radical (unpaired) electrons. The monoisotopic (exact) mass is 255 g/mol. The second-order valence-corrected chi connectivity index (χ2v) is 5.11. The van der Waals surface area contributed by atoms with E-state index in [1.807, 2.05) is 0 Å². The maximum Gasteiger partial charge on any atom is 0.220 e. The molecule has 0 saturated heterocycles. The summed E-state index contributed by atoms with van der Waals surface area (Å²) in [5.74, 6) is -0.0569. The first-order valence-electron chi connectivity index (χ1n) is 7.45. The minimum Gasteiger partial charge on any atom is -0.369 e. The first-order chi connectivity index (χ1) is 8.72. The molecule has 0 aromatic rings. The third kappa shape index (κ3) is 10.3. The number of carbonyl (C=O) groups excluding carboxylic acids is 2. The zero-order valence-corrected chi connectivity index (χ0v) is 11.8. The van der Waals surface area contributed by atoms with Crippen molar-refractivity contribution in [3.63, 3.8) is 0 Å². The van der Waals surface area contributed by atoms with Crippen LogP contribution in [0, 0.1) is 5.92 Å². The van der Waals surface area contributed by atoms with E-state index in [9.17, 15) is 9.59 Å². The second-order valence-electron chi connectivity index (χ2n) is 5.11. The van der Waals surface area contributed by atoms with E-state index < -0.39 is 0 Å². The minimum absolute atomic E-state index is 0.0755. The zero-order valence-electron chi connectivity index (χ0n) is 11.8. The van der Waals surface area contributed by atoms with Gasteiger partial charge in [0, 0.05) is 12.3 Å². The van der Waals surface area contributed by atoms with Crippen LogP contribution in [0.25, 0.3) is 0 Å². The molecule has 0 bridgehead atoms. The van der Waals surface area contributed by atoms with Gasteiger partial charge in [-0.05, 0) is 19.3 Å². The van der Waals surface area contributed by atoms with Crippen molar-refractivity contribution in [3.05, 3.63) is 0 Å². The normalized spacial score (nSPS) is 12.3. The van der Waals surface area contributed by atoms with E-state index in [0.717, 1.165) is 57.7 Å². The highest BCUT2D eigenvalue weighted by Gasteiger charge is 2.13. The summed E-state index contributed by atoms with van der Waals surface area (Å²) < 4.78 is 0. The zero-order chi connectivity index (χ0) is 13.6. The lowest BCUT2D eigenvalue weighted by atomic mass is 9.94. The van der Waals surface area contributed by atoms with Crippen LogP contribution in [-0.4, -0.2) is 12.2 Å². The first-order valence-corrected chi connectivity index (χ1v) is 7.45. The Morgan fingerprint density at radius 2 is 1.56 bits per heavy atom. The van der Waals surface area contributed by atoms with Gasteiger partial charge in [-0.2, -0.15) is 0 Å². The predicted molar refractivity (Wildman–Crippen MR) is 75.2 cm³/mol. The highest BCUT2D eigenvalue weighted by Crippen LogP contribution is 2.17. The van der Waals surface area contributed by atoms with Crippen molar-refractivity contribution in [1.29, 1.82) is 0 Å². The molecule has 1 unspecified atom stereocenters. The molecule has 18 heavy (non-hydrogen) atoms. The molecule has 2 N–H and O–H groups in total. The van der Waals surface area contributed by atoms with Gasteiger partial charge in [0.1, 0.15) is 6.29 Å². The number of primary amides is 1. The summed E-state index contributed by atoms with van der Waals surface area (Å²) in [5, 5.41) is 0. The number of unbranched alkanes of at least 4 members (excludes halogenated alkanes) is 7. The summed E-state index contributed by atoms with van der Waals surface area (Å²) in [4.78, 5) is 21.4. The van der Waals surface area contributed by atoms with Gasteiger partial charge in [-0.25, -0.2) is 0 Å². The van der Waals surface area contributed by atoms with E-state index in [2.05, 4.69) is 6.92 Å². The van der Waals surface area contributed by atoms with Crippen LogP contribution in [0.15, 0.2) is 0 Å². The Morgan fingerprint density at radius 3 is 2.11 bits per heavy atom. The number of carbonyl (C=O) groups is 2. The third-order valence-corrected chi connectivity index (χ3v) is 3.43. The average Bonchev–Trinajstić information content (AvgIpc) is 2.35. The molecule has 0 fully saturated rings. The van der Waals surface area contributed by atoms with Crippen molar-refractivity contribution >= 4 is 12.2 Å². The highest BCUT2D eigenvalue weighted by molar-refractivity contribution is 5.76. The molecule has 3 heteroatoms. The molecule has 0 heterocycles. The first kappa shape index (κ1) is 17.1. The van der Waals surface area contributed by atoms with E-state index in [4.69, 9.17) is 5.73 Å². The molecule has 1 amide bonds. The molecule has 0 rings (SSSR count). The van der Waals surface area contributed by atoms with Gasteiger partial charge in [-0.15, -0.1) is 0 Å². The van der Waals surface area contributed by atoms with Crippen LogP contribution in [0.1, 0.15) is 77.6 Å². The van der Waals surface area contributed by atoms with Crippen LogP contribution in [0.3, 0.4) is 0 Å². The topological polar surface area (TPSA) is 60.2 Å². The van der Waals surface area contributed by atoms with Gasteiger partial charge in [0.2, 0.25) is 5.91 Å². The lowest BCUT2D eigenvalue weighted by Gasteiger charge is -2.12. The Morgan fingerprint density at radius 1 is 1.00 bits per heavy atom. The fraction of sp³-hybridized carbons (Fsp3) is 0.867. The largest absolute Gasteiger partial charge is 0.369 e. The third-order valence-electron chi connectivity index (χ3n) is 3.43. The Kier molecular flexibility index (Phi) is 12.0. The molecule has 0 aromatic heterocycles. The maximum atomic E-state index is 11.3. The minimum atomic E-state index is -0.132. The number of aldehydes is 1. The molecule has 0 aliphatic rings. The Labute approximate surface area is 112 Å². The van der Waals surface area contributed by atoms with Gasteiger partial charge in [0.25, 0.3) is 0 Å². The summed E-state index contributed by atoms with van der Waals surface area (Å²) in [7, 11) is 0. The van der Waals surface area contributed by atoms with Crippen molar-refractivity contribution in [2.45, 2.75) is 77.6 Å². The Hall–Kier alpha value is -0.860. The van der Waals surface area contributed by atoms with Gasteiger partial charge < -0.3 is 10.5 Å². The molecular weight excluding hydrogens is 226 g/mol. The summed E-state index contributed by atoms with van der Waals surface area (Å²) in [6.07, 6.45) is 12.6. The van der Waals surface area contributed by atoms with E-state index in [1.165, 1.54) is 12.8 Å². The Bertz CT molecular complexity index is 217. The van der Waals surface area contributed by atoms with Crippen LogP contribution in [0.2, 0.25) is 0 Å². The van der Waals surface area contributed by atoms with Crippen LogP contribution in [0.4, 0.5) is 0 Å². The van der Waals surface area contributed by atoms with Gasteiger partial charge in [-0.3, -0.25) is 4.79 Å². The molecule has 0 saturated carbocycles. The molecule has 0 aromatic carbocycles. The summed E-state index contributed by atoms with van der Waals surface area (Å²) in [6.45, 7) is 2.17. The fourth-order valence-corrected chi connectivity index (χ4v) is 2.22. The molecule has 106 valence electrons. The summed E-state index contributed by atoms with van der Waals surface area (Å²) in [6, 6.07) is 0. The van der Waals surface area contributed by atoms with Gasteiger partial charge in [0.05, 0.1) is 0 Å². The highest BCUT2D eigenvalue weighted by atomic mass is 16.1. The molecule has 0 aliphatic carbocycles. The quantitative estimate of drug-likeness (QED) is 0.404. The SMILES string of the molecule is CCCCCC(CCCCCCCC=O)C(N)=O. The van der Waals surface area contributed by atoms with Crippen molar-refractivity contribution < 1.29 is 9.59 Å². The number of amides is 1. The van der Waals surface area contributed by atoms with Crippen molar-refractivity contribution in [2.24, 2.45) is 11.7 Å². The molecular formula is C15H29NO2. The number of nitrogens with two attached hydrogens (primary N) is 1.